The molecule has 1 aromatic rings. The van der Waals surface area contributed by atoms with Crippen LogP contribution in [0.15, 0.2) is 24.3 Å². The zero-order valence-corrected chi connectivity index (χ0v) is 12.5. The number of aliphatic hydroxyl groups is 1. The molecule has 4 heteroatoms. The van der Waals surface area contributed by atoms with Crippen molar-refractivity contribution in [3.05, 3.63) is 29.8 Å². The van der Waals surface area contributed by atoms with Gasteiger partial charge in [0.1, 0.15) is 5.75 Å². The third kappa shape index (κ3) is 6.05. The third-order valence-corrected chi connectivity index (χ3v) is 2.99. The lowest BCUT2D eigenvalue weighted by molar-refractivity contribution is 0.123. The molecule has 0 spiro atoms. The van der Waals surface area contributed by atoms with Crippen molar-refractivity contribution in [3.63, 3.8) is 0 Å². The average molecular weight is 266 g/mol. The van der Waals surface area contributed by atoms with Crippen molar-refractivity contribution in [2.24, 2.45) is 0 Å². The molecule has 1 N–H and O–H groups in total. The van der Waals surface area contributed by atoms with Crippen LogP contribution in [0.25, 0.3) is 0 Å². The maximum atomic E-state index is 10.2. The van der Waals surface area contributed by atoms with Crippen molar-refractivity contribution in [1.29, 1.82) is 0 Å². The van der Waals surface area contributed by atoms with Crippen molar-refractivity contribution < 1.29 is 9.84 Å². The summed E-state index contributed by atoms with van der Waals surface area (Å²) in [6.45, 7) is 5.20. The Labute approximate surface area is 116 Å². The second-order valence-electron chi connectivity index (χ2n) is 5.08. The van der Waals surface area contributed by atoms with Gasteiger partial charge in [-0.15, -0.1) is 0 Å². The molecule has 0 aliphatic carbocycles. The number of hydrogen-bond donors (Lipinski definition) is 1. The van der Waals surface area contributed by atoms with Crippen LogP contribution in [0.2, 0.25) is 0 Å². The Morgan fingerprint density at radius 2 is 1.74 bits per heavy atom. The van der Waals surface area contributed by atoms with Crippen LogP contribution in [-0.2, 0) is 0 Å². The van der Waals surface area contributed by atoms with Gasteiger partial charge in [-0.25, -0.2) is 0 Å². The summed E-state index contributed by atoms with van der Waals surface area (Å²) in [6, 6.07) is 7.66. The molecule has 0 aromatic heterocycles. The Balaban J connectivity index is 2.45. The highest BCUT2D eigenvalue weighted by atomic mass is 16.5. The van der Waals surface area contributed by atoms with Crippen LogP contribution < -0.4 is 4.74 Å². The Bertz CT molecular complexity index is 352. The van der Waals surface area contributed by atoms with Crippen LogP contribution in [0, 0.1) is 0 Å². The highest BCUT2D eigenvalue weighted by Crippen LogP contribution is 2.18. The van der Waals surface area contributed by atoms with Gasteiger partial charge in [-0.1, -0.05) is 12.1 Å². The van der Waals surface area contributed by atoms with Gasteiger partial charge in [-0.2, -0.15) is 0 Å². The van der Waals surface area contributed by atoms with Gasteiger partial charge in [0.05, 0.1) is 12.7 Å². The number of benzene rings is 1. The van der Waals surface area contributed by atoms with E-state index in [1.165, 1.54) is 0 Å². The predicted molar refractivity (Wildman–Crippen MR) is 78.6 cm³/mol. The van der Waals surface area contributed by atoms with E-state index >= 15 is 0 Å². The predicted octanol–water partition coefficient (Wildman–Crippen LogP) is 1.61. The average Bonchev–Trinajstić information content (AvgIpc) is 2.37. The minimum Gasteiger partial charge on any atom is -0.494 e. The molecular formula is C15H26N2O2. The number of hydrogen-bond acceptors (Lipinski definition) is 4. The molecule has 0 radical (unpaired) electrons. The fraction of sp³-hybridized carbons (Fsp3) is 0.600. The Kier molecular flexibility index (Phi) is 6.84. The lowest BCUT2D eigenvalue weighted by atomic mass is 10.1. The van der Waals surface area contributed by atoms with Crippen LogP contribution in [-0.4, -0.2) is 62.3 Å². The normalized spacial score (nSPS) is 13.0. The molecule has 0 aliphatic rings. The summed E-state index contributed by atoms with van der Waals surface area (Å²) < 4.78 is 5.39. The van der Waals surface area contributed by atoms with Crippen molar-refractivity contribution in [3.8, 4) is 5.75 Å². The number of likely N-dealkylation sites (N-methyl/N-ethyl adjacent to an activating group) is 2. The molecule has 0 aliphatic heterocycles. The highest BCUT2D eigenvalue weighted by Gasteiger charge is 2.10. The van der Waals surface area contributed by atoms with Gasteiger partial charge in [-0.05, 0) is 45.8 Å². The highest BCUT2D eigenvalue weighted by molar-refractivity contribution is 5.28. The van der Waals surface area contributed by atoms with E-state index in [1.54, 1.807) is 0 Å². The summed E-state index contributed by atoms with van der Waals surface area (Å²) in [5, 5.41) is 10.2. The second-order valence-corrected chi connectivity index (χ2v) is 5.08. The smallest absolute Gasteiger partial charge is 0.119 e. The minimum atomic E-state index is -0.456. The lowest BCUT2D eigenvalue weighted by Gasteiger charge is -2.22. The third-order valence-electron chi connectivity index (χ3n) is 2.99. The van der Waals surface area contributed by atoms with Crippen LogP contribution in [0.5, 0.6) is 5.75 Å². The molecule has 0 fully saturated rings. The number of ether oxygens (including phenoxy) is 1. The Hall–Kier alpha value is -1.10. The van der Waals surface area contributed by atoms with Gasteiger partial charge in [0, 0.05) is 19.6 Å². The second kappa shape index (κ2) is 8.15. The zero-order chi connectivity index (χ0) is 14.3. The molecule has 108 valence electrons. The fourth-order valence-electron chi connectivity index (χ4n) is 1.82. The molecule has 0 heterocycles. The summed E-state index contributed by atoms with van der Waals surface area (Å²) in [7, 11) is 6.13. The summed E-state index contributed by atoms with van der Waals surface area (Å²) in [6.07, 6.45) is -0.456. The molecule has 0 saturated carbocycles. The van der Waals surface area contributed by atoms with E-state index in [0.29, 0.717) is 13.2 Å². The molecule has 1 unspecified atom stereocenters. The first kappa shape index (κ1) is 16.0. The van der Waals surface area contributed by atoms with E-state index in [9.17, 15) is 5.11 Å². The number of aliphatic hydroxyl groups excluding tert-OH is 1. The topological polar surface area (TPSA) is 35.9 Å². The quantitative estimate of drug-likeness (QED) is 0.775. The van der Waals surface area contributed by atoms with Gasteiger partial charge in [-0.3, -0.25) is 0 Å². The van der Waals surface area contributed by atoms with Crippen molar-refractivity contribution >= 4 is 0 Å². The summed E-state index contributed by atoms with van der Waals surface area (Å²) >= 11 is 0. The van der Waals surface area contributed by atoms with Crippen LogP contribution >= 0.6 is 0 Å². The SMILES string of the molecule is CCOc1ccc(C(O)CN(C)CCN(C)C)cc1. The Morgan fingerprint density at radius 3 is 2.26 bits per heavy atom. The zero-order valence-electron chi connectivity index (χ0n) is 12.5. The molecular weight excluding hydrogens is 240 g/mol. The minimum absolute atomic E-state index is 0.456. The molecule has 1 atom stereocenters. The molecule has 0 bridgehead atoms. The van der Waals surface area contributed by atoms with Crippen molar-refractivity contribution in [2.75, 3.05) is 47.4 Å². The largest absolute Gasteiger partial charge is 0.494 e. The van der Waals surface area contributed by atoms with Crippen molar-refractivity contribution in [2.45, 2.75) is 13.0 Å². The van der Waals surface area contributed by atoms with Gasteiger partial charge in [0.25, 0.3) is 0 Å². The molecule has 0 saturated heterocycles. The van der Waals surface area contributed by atoms with E-state index in [-0.39, 0.29) is 0 Å². The number of rotatable bonds is 8. The van der Waals surface area contributed by atoms with Gasteiger partial charge < -0.3 is 19.6 Å². The van der Waals surface area contributed by atoms with E-state index in [2.05, 4.69) is 23.9 Å². The summed E-state index contributed by atoms with van der Waals surface area (Å²) in [5.74, 6) is 0.847. The molecule has 0 amide bonds. The van der Waals surface area contributed by atoms with Gasteiger partial charge in [0.15, 0.2) is 0 Å². The summed E-state index contributed by atoms with van der Waals surface area (Å²) in [5.41, 5.74) is 0.931. The van der Waals surface area contributed by atoms with E-state index in [0.717, 1.165) is 24.4 Å². The van der Waals surface area contributed by atoms with Gasteiger partial charge >= 0.3 is 0 Å². The van der Waals surface area contributed by atoms with Crippen LogP contribution in [0.3, 0.4) is 0 Å². The standard InChI is InChI=1S/C15H26N2O2/c1-5-19-14-8-6-13(7-9-14)15(18)12-17(4)11-10-16(2)3/h6-9,15,18H,5,10-12H2,1-4H3. The van der Waals surface area contributed by atoms with Crippen LogP contribution in [0.1, 0.15) is 18.6 Å². The monoisotopic (exact) mass is 266 g/mol. The molecule has 1 aromatic carbocycles. The molecule has 4 nitrogen and oxygen atoms in total. The summed E-state index contributed by atoms with van der Waals surface area (Å²) in [4.78, 5) is 4.28. The maximum Gasteiger partial charge on any atom is 0.119 e. The lowest BCUT2D eigenvalue weighted by Crippen LogP contribution is -2.31. The number of nitrogens with zero attached hydrogens (tertiary/aromatic N) is 2. The van der Waals surface area contributed by atoms with E-state index < -0.39 is 6.10 Å². The van der Waals surface area contributed by atoms with Crippen LogP contribution in [0.4, 0.5) is 0 Å². The fourth-order valence-corrected chi connectivity index (χ4v) is 1.82. The maximum absolute atomic E-state index is 10.2. The van der Waals surface area contributed by atoms with E-state index in [4.69, 9.17) is 4.74 Å². The van der Waals surface area contributed by atoms with Crippen molar-refractivity contribution in [1.82, 2.24) is 9.80 Å². The Morgan fingerprint density at radius 1 is 1.11 bits per heavy atom. The van der Waals surface area contributed by atoms with Gasteiger partial charge in [0.2, 0.25) is 0 Å². The first-order valence-corrected chi connectivity index (χ1v) is 6.77. The molecule has 19 heavy (non-hydrogen) atoms. The molecule has 1 rings (SSSR count). The van der Waals surface area contributed by atoms with E-state index in [1.807, 2.05) is 38.2 Å². The first-order valence-electron chi connectivity index (χ1n) is 6.77. The first-order chi connectivity index (χ1) is 9.02.